The Bertz CT molecular complexity index is 991. The van der Waals surface area contributed by atoms with Gasteiger partial charge in [0.1, 0.15) is 5.75 Å². The number of nitrogens with zero attached hydrogens (tertiary/aromatic N) is 1. The van der Waals surface area contributed by atoms with Crippen molar-refractivity contribution in [3.8, 4) is 5.75 Å². The molecule has 6 heteroatoms. The fraction of sp³-hybridized carbons (Fsp3) is 0.304. The van der Waals surface area contributed by atoms with Gasteiger partial charge in [-0.2, -0.15) is 0 Å². The van der Waals surface area contributed by atoms with Crippen LogP contribution in [-0.2, 0) is 16.6 Å². The molecule has 1 heterocycles. The Morgan fingerprint density at radius 3 is 2.59 bits per heavy atom. The van der Waals surface area contributed by atoms with Crippen molar-refractivity contribution in [3.05, 3.63) is 75.3 Å². The summed E-state index contributed by atoms with van der Waals surface area (Å²) in [6.07, 6.45) is 2.53. The van der Waals surface area contributed by atoms with Gasteiger partial charge in [-0.1, -0.05) is 62.2 Å². The number of rotatable bonds is 6. The Labute approximate surface area is 180 Å². The third-order valence-corrected chi connectivity index (χ3v) is 5.56. The van der Waals surface area contributed by atoms with Gasteiger partial charge in [0.2, 0.25) is 0 Å². The van der Waals surface area contributed by atoms with Crippen LogP contribution in [0.2, 0.25) is 5.02 Å². The van der Waals surface area contributed by atoms with Crippen LogP contribution in [0.25, 0.3) is 0 Å². The van der Waals surface area contributed by atoms with E-state index in [1.54, 1.807) is 6.20 Å². The Morgan fingerprint density at radius 1 is 1.17 bits per heavy atom. The number of ether oxygens (including phenoxy) is 1. The summed E-state index contributed by atoms with van der Waals surface area (Å²) in [6.45, 7) is 8.39. The summed E-state index contributed by atoms with van der Waals surface area (Å²) in [4.78, 5) is 17.7. The SMILES string of the molecule is Cc1ccc(OCC(=O)Nc2ncc(Cc3ccc(Cl)cc3)s2)c(C(C)(C)C)c1. The molecule has 1 N–H and O–H groups in total. The van der Waals surface area contributed by atoms with E-state index in [0.29, 0.717) is 10.2 Å². The molecule has 0 spiro atoms. The van der Waals surface area contributed by atoms with Crippen molar-refractivity contribution in [1.82, 2.24) is 4.98 Å². The van der Waals surface area contributed by atoms with Crippen LogP contribution in [-0.4, -0.2) is 17.5 Å². The maximum atomic E-state index is 12.3. The van der Waals surface area contributed by atoms with Crippen molar-refractivity contribution < 1.29 is 9.53 Å². The van der Waals surface area contributed by atoms with Crippen molar-refractivity contribution in [2.24, 2.45) is 0 Å². The third-order valence-electron chi connectivity index (χ3n) is 4.39. The number of thiazole rings is 1. The lowest BCUT2D eigenvalue weighted by Gasteiger charge is -2.23. The van der Waals surface area contributed by atoms with Crippen LogP contribution in [0.4, 0.5) is 5.13 Å². The summed E-state index contributed by atoms with van der Waals surface area (Å²) < 4.78 is 5.82. The maximum Gasteiger partial charge on any atom is 0.264 e. The first kappa shape index (κ1) is 21.3. The van der Waals surface area contributed by atoms with Crippen molar-refractivity contribution in [3.63, 3.8) is 0 Å². The van der Waals surface area contributed by atoms with Gasteiger partial charge >= 0.3 is 0 Å². The molecule has 0 unspecified atom stereocenters. The fourth-order valence-corrected chi connectivity index (χ4v) is 3.89. The smallest absolute Gasteiger partial charge is 0.264 e. The van der Waals surface area contributed by atoms with E-state index in [2.05, 4.69) is 44.1 Å². The normalized spacial score (nSPS) is 11.3. The second-order valence-corrected chi connectivity index (χ2v) is 9.57. The number of hydrogen-bond donors (Lipinski definition) is 1. The lowest BCUT2D eigenvalue weighted by Crippen LogP contribution is -2.22. The zero-order valence-electron chi connectivity index (χ0n) is 17.1. The van der Waals surface area contributed by atoms with Crippen LogP contribution in [0.1, 0.15) is 42.3 Å². The van der Waals surface area contributed by atoms with E-state index in [9.17, 15) is 4.79 Å². The molecule has 0 atom stereocenters. The summed E-state index contributed by atoms with van der Waals surface area (Å²) in [5, 5.41) is 4.11. The van der Waals surface area contributed by atoms with E-state index in [0.717, 1.165) is 28.2 Å². The lowest BCUT2D eigenvalue weighted by molar-refractivity contribution is -0.118. The molecule has 3 rings (SSSR count). The van der Waals surface area contributed by atoms with Gasteiger partial charge in [-0.3, -0.25) is 10.1 Å². The van der Waals surface area contributed by atoms with Crippen LogP contribution in [0, 0.1) is 6.92 Å². The molecule has 3 aromatic rings. The molecule has 0 saturated heterocycles. The van der Waals surface area contributed by atoms with Gasteiger partial charge in [0.15, 0.2) is 11.7 Å². The standard InChI is InChI=1S/C23H25ClN2O2S/c1-15-5-10-20(19(11-15)23(2,3)4)28-14-21(27)26-22-25-13-18(29-22)12-16-6-8-17(24)9-7-16/h5-11,13H,12,14H2,1-4H3,(H,25,26,27). The van der Waals surface area contributed by atoms with E-state index in [4.69, 9.17) is 16.3 Å². The number of hydrogen-bond acceptors (Lipinski definition) is 4. The van der Waals surface area contributed by atoms with Crippen molar-refractivity contribution in [1.29, 1.82) is 0 Å². The number of aryl methyl sites for hydroxylation is 1. The molecule has 1 amide bonds. The highest BCUT2D eigenvalue weighted by atomic mass is 35.5. The van der Waals surface area contributed by atoms with Crippen LogP contribution in [0.5, 0.6) is 5.75 Å². The molecule has 0 radical (unpaired) electrons. The van der Waals surface area contributed by atoms with E-state index in [1.807, 2.05) is 36.4 Å². The molecule has 0 aliphatic heterocycles. The molecule has 152 valence electrons. The zero-order chi connectivity index (χ0) is 21.0. The van der Waals surface area contributed by atoms with E-state index in [1.165, 1.54) is 16.9 Å². The van der Waals surface area contributed by atoms with E-state index >= 15 is 0 Å². The van der Waals surface area contributed by atoms with E-state index < -0.39 is 0 Å². The van der Waals surface area contributed by atoms with Crippen molar-refractivity contribution in [2.45, 2.75) is 39.5 Å². The van der Waals surface area contributed by atoms with Gasteiger partial charge in [-0.25, -0.2) is 4.98 Å². The molecule has 29 heavy (non-hydrogen) atoms. The zero-order valence-corrected chi connectivity index (χ0v) is 18.7. The monoisotopic (exact) mass is 428 g/mol. The number of amides is 1. The molecular weight excluding hydrogens is 404 g/mol. The third kappa shape index (κ3) is 6.05. The van der Waals surface area contributed by atoms with Crippen LogP contribution < -0.4 is 10.1 Å². The number of carbonyl (C=O) groups excluding carboxylic acids is 1. The number of benzene rings is 2. The minimum atomic E-state index is -0.224. The van der Waals surface area contributed by atoms with Crippen molar-refractivity contribution >= 4 is 34.0 Å². The maximum absolute atomic E-state index is 12.3. The predicted molar refractivity (Wildman–Crippen MR) is 120 cm³/mol. The van der Waals surface area contributed by atoms with Gasteiger partial charge in [-0.15, -0.1) is 11.3 Å². The first-order chi connectivity index (χ1) is 13.7. The number of anilines is 1. The van der Waals surface area contributed by atoms with Crippen LogP contribution in [0.15, 0.2) is 48.7 Å². The Kier molecular flexibility index (Phi) is 6.60. The Morgan fingerprint density at radius 2 is 1.90 bits per heavy atom. The van der Waals surface area contributed by atoms with Crippen LogP contribution in [0.3, 0.4) is 0 Å². The minimum Gasteiger partial charge on any atom is -0.483 e. The number of aromatic nitrogens is 1. The second kappa shape index (κ2) is 8.97. The van der Waals surface area contributed by atoms with Gasteiger partial charge in [0, 0.05) is 22.5 Å². The highest BCUT2D eigenvalue weighted by Crippen LogP contribution is 2.32. The summed E-state index contributed by atoms with van der Waals surface area (Å²) >= 11 is 7.38. The number of nitrogens with one attached hydrogen (secondary N) is 1. The average molecular weight is 429 g/mol. The highest BCUT2D eigenvalue weighted by Gasteiger charge is 2.20. The molecule has 0 aliphatic carbocycles. The van der Waals surface area contributed by atoms with Gasteiger partial charge in [-0.05, 0) is 41.7 Å². The first-order valence-corrected chi connectivity index (χ1v) is 10.6. The minimum absolute atomic E-state index is 0.0573. The molecule has 0 aliphatic rings. The Hall–Kier alpha value is -2.37. The molecular formula is C23H25ClN2O2S. The largest absolute Gasteiger partial charge is 0.483 e. The predicted octanol–water partition coefficient (Wildman–Crippen LogP) is 6.01. The van der Waals surface area contributed by atoms with Gasteiger partial charge < -0.3 is 4.74 Å². The summed E-state index contributed by atoms with van der Waals surface area (Å²) in [6, 6.07) is 13.7. The van der Waals surface area contributed by atoms with Crippen LogP contribution >= 0.6 is 22.9 Å². The molecule has 0 bridgehead atoms. The summed E-state index contributed by atoms with van der Waals surface area (Å²) in [5.74, 6) is 0.513. The van der Waals surface area contributed by atoms with Crippen molar-refractivity contribution in [2.75, 3.05) is 11.9 Å². The van der Waals surface area contributed by atoms with E-state index in [-0.39, 0.29) is 17.9 Å². The Balaban J connectivity index is 1.58. The highest BCUT2D eigenvalue weighted by molar-refractivity contribution is 7.15. The molecule has 0 fully saturated rings. The topological polar surface area (TPSA) is 51.2 Å². The molecule has 0 saturated carbocycles. The number of halogens is 1. The molecule has 1 aromatic heterocycles. The molecule has 4 nitrogen and oxygen atoms in total. The average Bonchev–Trinajstić information content (AvgIpc) is 3.08. The summed E-state index contributed by atoms with van der Waals surface area (Å²) in [5.41, 5.74) is 3.34. The molecule has 2 aromatic carbocycles. The number of carbonyl (C=O) groups is 1. The second-order valence-electron chi connectivity index (χ2n) is 8.02. The quantitative estimate of drug-likeness (QED) is 0.523. The lowest BCUT2D eigenvalue weighted by atomic mass is 9.85. The first-order valence-electron chi connectivity index (χ1n) is 9.43. The van der Waals surface area contributed by atoms with Gasteiger partial charge in [0.05, 0.1) is 0 Å². The summed E-state index contributed by atoms with van der Waals surface area (Å²) in [7, 11) is 0. The fourth-order valence-electron chi connectivity index (χ4n) is 2.90. The van der Waals surface area contributed by atoms with Gasteiger partial charge in [0.25, 0.3) is 5.91 Å².